The molecule has 0 atom stereocenters. The lowest BCUT2D eigenvalue weighted by Crippen LogP contribution is -2.28. The van der Waals surface area contributed by atoms with Gasteiger partial charge in [-0.3, -0.25) is 9.59 Å². The van der Waals surface area contributed by atoms with Crippen molar-refractivity contribution < 1.29 is 4.79 Å². The summed E-state index contributed by atoms with van der Waals surface area (Å²) >= 11 is 1.49. The lowest BCUT2D eigenvalue weighted by molar-refractivity contribution is 0.102. The SMILES string of the molecule is Cc1cccc(Cn2cccc(C(=O)Nc3ccsc3)c2=O)c1. The summed E-state index contributed by atoms with van der Waals surface area (Å²) in [6, 6.07) is 13.1. The van der Waals surface area contributed by atoms with Crippen LogP contribution in [0.2, 0.25) is 0 Å². The maximum atomic E-state index is 12.5. The number of anilines is 1. The molecule has 0 unspecified atom stereocenters. The van der Waals surface area contributed by atoms with Crippen LogP contribution in [0, 0.1) is 6.92 Å². The molecule has 23 heavy (non-hydrogen) atoms. The van der Waals surface area contributed by atoms with Gasteiger partial charge in [0.15, 0.2) is 0 Å². The van der Waals surface area contributed by atoms with Crippen LogP contribution in [0.25, 0.3) is 0 Å². The first-order valence-electron chi connectivity index (χ1n) is 7.22. The average molecular weight is 324 g/mol. The molecule has 0 bridgehead atoms. The minimum Gasteiger partial charge on any atom is -0.321 e. The van der Waals surface area contributed by atoms with E-state index < -0.39 is 0 Å². The Bertz CT molecular complexity index is 882. The number of amides is 1. The monoisotopic (exact) mass is 324 g/mol. The standard InChI is InChI=1S/C18H16N2O2S/c1-13-4-2-5-14(10-13)11-20-8-3-6-16(18(20)22)17(21)19-15-7-9-23-12-15/h2-10,12H,11H2,1H3,(H,19,21). The summed E-state index contributed by atoms with van der Waals surface area (Å²) in [7, 11) is 0. The molecule has 4 nitrogen and oxygen atoms in total. The quantitative estimate of drug-likeness (QED) is 0.798. The zero-order chi connectivity index (χ0) is 16.2. The smallest absolute Gasteiger partial charge is 0.263 e. The number of rotatable bonds is 4. The second-order valence-corrected chi connectivity index (χ2v) is 6.09. The van der Waals surface area contributed by atoms with Crippen LogP contribution < -0.4 is 10.9 Å². The second-order valence-electron chi connectivity index (χ2n) is 5.31. The molecule has 0 radical (unpaired) electrons. The van der Waals surface area contributed by atoms with Gasteiger partial charge in [-0.15, -0.1) is 0 Å². The highest BCUT2D eigenvalue weighted by molar-refractivity contribution is 7.08. The molecule has 2 heterocycles. The molecule has 0 fully saturated rings. The van der Waals surface area contributed by atoms with Gasteiger partial charge >= 0.3 is 0 Å². The zero-order valence-electron chi connectivity index (χ0n) is 12.7. The molecule has 1 N–H and O–H groups in total. The van der Waals surface area contributed by atoms with E-state index in [0.29, 0.717) is 12.2 Å². The largest absolute Gasteiger partial charge is 0.321 e. The molecule has 5 heteroatoms. The number of nitrogens with one attached hydrogen (secondary N) is 1. The maximum absolute atomic E-state index is 12.5. The Hall–Kier alpha value is -2.66. The van der Waals surface area contributed by atoms with Crippen molar-refractivity contribution in [3.05, 3.63) is 86.5 Å². The number of aromatic nitrogens is 1. The summed E-state index contributed by atoms with van der Waals surface area (Å²) in [4.78, 5) is 24.8. The molecule has 0 saturated heterocycles. The van der Waals surface area contributed by atoms with Crippen LogP contribution in [0.15, 0.2) is 64.2 Å². The molecule has 3 rings (SSSR count). The number of thiophene rings is 1. The molecule has 0 aliphatic heterocycles. The van der Waals surface area contributed by atoms with Crippen LogP contribution in [0.3, 0.4) is 0 Å². The third-order valence-electron chi connectivity index (χ3n) is 3.48. The molecule has 0 saturated carbocycles. The van der Waals surface area contributed by atoms with Crippen molar-refractivity contribution in [1.82, 2.24) is 4.57 Å². The number of carbonyl (C=O) groups excluding carboxylic acids is 1. The Morgan fingerprint density at radius 3 is 2.83 bits per heavy atom. The van der Waals surface area contributed by atoms with E-state index in [-0.39, 0.29) is 17.0 Å². The van der Waals surface area contributed by atoms with E-state index >= 15 is 0 Å². The molecule has 0 aliphatic carbocycles. The number of hydrogen-bond donors (Lipinski definition) is 1. The Kier molecular flexibility index (Phi) is 4.39. The van der Waals surface area contributed by atoms with Crippen molar-refractivity contribution in [2.45, 2.75) is 13.5 Å². The summed E-state index contributed by atoms with van der Waals surface area (Å²) in [6.07, 6.45) is 1.70. The van der Waals surface area contributed by atoms with E-state index in [1.54, 1.807) is 29.0 Å². The first-order chi connectivity index (χ1) is 11.1. The number of carbonyl (C=O) groups is 1. The van der Waals surface area contributed by atoms with Crippen molar-refractivity contribution in [1.29, 1.82) is 0 Å². The minimum atomic E-state index is -0.382. The molecule has 0 spiro atoms. The van der Waals surface area contributed by atoms with Gasteiger partial charge in [0.25, 0.3) is 11.5 Å². The van der Waals surface area contributed by atoms with Gasteiger partial charge in [-0.25, -0.2) is 0 Å². The third kappa shape index (κ3) is 3.57. The summed E-state index contributed by atoms with van der Waals surface area (Å²) in [6.45, 7) is 2.46. The van der Waals surface area contributed by atoms with E-state index in [1.807, 2.05) is 41.9 Å². The van der Waals surface area contributed by atoms with E-state index in [0.717, 1.165) is 11.1 Å². The lowest BCUT2D eigenvalue weighted by atomic mass is 10.1. The number of nitrogens with zero attached hydrogens (tertiary/aromatic N) is 1. The fraction of sp³-hybridized carbons (Fsp3) is 0.111. The van der Waals surface area contributed by atoms with Gasteiger partial charge in [-0.2, -0.15) is 11.3 Å². The van der Waals surface area contributed by atoms with Crippen LogP contribution in [0.5, 0.6) is 0 Å². The summed E-state index contributed by atoms with van der Waals surface area (Å²) in [5.74, 6) is -0.382. The minimum absolute atomic E-state index is 0.145. The van der Waals surface area contributed by atoms with Crippen molar-refractivity contribution in [2.24, 2.45) is 0 Å². The van der Waals surface area contributed by atoms with Gasteiger partial charge in [0.05, 0.1) is 12.2 Å². The summed E-state index contributed by atoms with van der Waals surface area (Å²) < 4.78 is 1.55. The Labute approximate surface area is 138 Å². The highest BCUT2D eigenvalue weighted by Gasteiger charge is 2.12. The fourth-order valence-electron chi connectivity index (χ4n) is 2.38. The number of hydrogen-bond acceptors (Lipinski definition) is 3. The van der Waals surface area contributed by atoms with Crippen molar-refractivity contribution >= 4 is 22.9 Å². The van der Waals surface area contributed by atoms with Gasteiger partial charge in [-0.05, 0) is 36.1 Å². The van der Waals surface area contributed by atoms with E-state index in [4.69, 9.17) is 0 Å². The van der Waals surface area contributed by atoms with Crippen molar-refractivity contribution in [3.63, 3.8) is 0 Å². The molecule has 3 aromatic rings. The van der Waals surface area contributed by atoms with E-state index in [1.165, 1.54) is 11.3 Å². The van der Waals surface area contributed by atoms with Gasteiger partial charge in [0, 0.05) is 11.6 Å². The predicted octanol–water partition coefficient (Wildman–Crippen LogP) is 3.52. The highest BCUT2D eigenvalue weighted by Crippen LogP contribution is 2.12. The maximum Gasteiger partial charge on any atom is 0.263 e. The van der Waals surface area contributed by atoms with Crippen molar-refractivity contribution in [3.8, 4) is 0 Å². The molecule has 1 aromatic carbocycles. The number of pyridine rings is 1. The molecule has 116 valence electrons. The topological polar surface area (TPSA) is 51.1 Å². The van der Waals surface area contributed by atoms with E-state index in [9.17, 15) is 9.59 Å². The molecular weight excluding hydrogens is 308 g/mol. The zero-order valence-corrected chi connectivity index (χ0v) is 13.5. The summed E-state index contributed by atoms with van der Waals surface area (Å²) in [5, 5.41) is 6.43. The van der Waals surface area contributed by atoms with Gasteiger partial charge in [-0.1, -0.05) is 29.8 Å². The van der Waals surface area contributed by atoms with Crippen LogP contribution >= 0.6 is 11.3 Å². The Morgan fingerprint density at radius 2 is 2.09 bits per heavy atom. The molecule has 1 amide bonds. The average Bonchev–Trinajstić information content (AvgIpc) is 3.02. The van der Waals surface area contributed by atoms with Gasteiger partial charge in [0.2, 0.25) is 0 Å². The fourth-order valence-corrected chi connectivity index (χ4v) is 2.96. The second kappa shape index (κ2) is 6.62. The van der Waals surface area contributed by atoms with Crippen LogP contribution in [0.4, 0.5) is 5.69 Å². The molecule has 0 aliphatic rings. The lowest BCUT2D eigenvalue weighted by Gasteiger charge is -2.09. The number of benzene rings is 1. The van der Waals surface area contributed by atoms with Crippen LogP contribution in [0.1, 0.15) is 21.5 Å². The van der Waals surface area contributed by atoms with Gasteiger partial charge in [0.1, 0.15) is 5.56 Å². The number of aryl methyl sites for hydroxylation is 1. The normalized spacial score (nSPS) is 10.5. The van der Waals surface area contributed by atoms with Crippen LogP contribution in [-0.2, 0) is 6.54 Å². The van der Waals surface area contributed by atoms with Gasteiger partial charge < -0.3 is 9.88 Å². The predicted molar refractivity (Wildman–Crippen MR) is 93.3 cm³/mol. The van der Waals surface area contributed by atoms with Crippen LogP contribution in [-0.4, -0.2) is 10.5 Å². The first-order valence-corrected chi connectivity index (χ1v) is 8.16. The van der Waals surface area contributed by atoms with Crippen molar-refractivity contribution in [2.75, 3.05) is 5.32 Å². The van der Waals surface area contributed by atoms with E-state index in [2.05, 4.69) is 5.32 Å². The Balaban J connectivity index is 1.86. The molecular formula is C18H16N2O2S. The highest BCUT2D eigenvalue weighted by atomic mass is 32.1. The summed E-state index contributed by atoms with van der Waals surface area (Å²) in [5.41, 5.74) is 2.73. The third-order valence-corrected chi connectivity index (χ3v) is 4.16. The first kappa shape index (κ1) is 15.2. The molecule has 2 aromatic heterocycles. The Morgan fingerprint density at radius 1 is 1.22 bits per heavy atom.